The number of ether oxygens (including phenoxy) is 1. The average molecular weight is 348 g/mol. The van der Waals surface area contributed by atoms with Gasteiger partial charge in [-0.2, -0.15) is 0 Å². The zero-order valence-electron chi connectivity index (χ0n) is 14.1. The number of benzene rings is 1. The summed E-state index contributed by atoms with van der Waals surface area (Å²) in [7, 11) is 1.48. The molecule has 2 atom stereocenters. The number of nitrogens with one attached hydrogen (secondary N) is 1. The van der Waals surface area contributed by atoms with Crippen molar-refractivity contribution in [2.45, 2.75) is 37.5 Å². The zero-order chi connectivity index (χ0) is 18.0. The van der Waals surface area contributed by atoms with Gasteiger partial charge in [-0.05, 0) is 37.5 Å². The van der Waals surface area contributed by atoms with Crippen LogP contribution in [0.5, 0.6) is 0 Å². The average Bonchev–Trinajstić information content (AvgIpc) is 3.22. The number of carbonyl (C=O) groups excluding carboxylic acids is 1. The highest BCUT2D eigenvalue weighted by Gasteiger charge is 2.32. The lowest BCUT2D eigenvalue weighted by molar-refractivity contribution is -0.123. The van der Waals surface area contributed by atoms with E-state index >= 15 is 0 Å². The van der Waals surface area contributed by atoms with Gasteiger partial charge in [0.15, 0.2) is 6.04 Å². The molecule has 1 aromatic carbocycles. The van der Waals surface area contributed by atoms with E-state index < -0.39 is 11.6 Å². The number of aliphatic hydroxyl groups is 1. The first kappa shape index (κ1) is 17.5. The van der Waals surface area contributed by atoms with E-state index in [0.717, 1.165) is 12.8 Å². The molecule has 7 nitrogen and oxygen atoms in total. The highest BCUT2D eigenvalue weighted by molar-refractivity contribution is 5.84. The topological polar surface area (TPSA) is 89.3 Å². The third kappa shape index (κ3) is 4.02. The number of rotatable bonds is 7. The van der Waals surface area contributed by atoms with E-state index in [2.05, 4.69) is 15.6 Å². The summed E-state index contributed by atoms with van der Waals surface area (Å²) in [6.07, 6.45) is 3.42. The quantitative estimate of drug-likeness (QED) is 0.783. The molecule has 134 valence electrons. The predicted octanol–water partition coefficient (Wildman–Crippen LogP) is 1.14. The number of carbonyl (C=O) groups is 1. The Morgan fingerprint density at radius 2 is 2.16 bits per heavy atom. The summed E-state index contributed by atoms with van der Waals surface area (Å²) >= 11 is 0. The van der Waals surface area contributed by atoms with Crippen LogP contribution in [0.25, 0.3) is 0 Å². The number of aromatic nitrogens is 3. The van der Waals surface area contributed by atoms with Crippen molar-refractivity contribution in [3.05, 3.63) is 47.5 Å². The monoisotopic (exact) mass is 348 g/mol. The van der Waals surface area contributed by atoms with Crippen molar-refractivity contribution in [2.75, 3.05) is 13.7 Å². The molecule has 1 amide bonds. The van der Waals surface area contributed by atoms with Gasteiger partial charge in [0, 0.05) is 13.2 Å². The summed E-state index contributed by atoms with van der Waals surface area (Å²) in [4.78, 5) is 12.7. The molecule has 0 bridgehead atoms. The van der Waals surface area contributed by atoms with Crippen molar-refractivity contribution in [3.8, 4) is 0 Å². The van der Waals surface area contributed by atoms with Crippen LogP contribution in [0.3, 0.4) is 0 Å². The molecule has 3 rings (SSSR count). The summed E-state index contributed by atoms with van der Waals surface area (Å²) in [6.45, 7) is 1.60. The number of halogens is 1. The number of methoxy groups -OCH3 is 1. The molecule has 2 N–H and O–H groups in total. The minimum Gasteiger partial charge on any atom is -0.381 e. The van der Waals surface area contributed by atoms with Crippen LogP contribution in [0.1, 0.15) is 37.1 Å². The van der Waals surface area contributed by atoms with Crippen molar-refractivity contribution < 1.29 is 19.0 Å². The van der Waals surface area contributed by atoms with Gasteiger partial charge in [-0.3, -0.25) is 4.79 Å². The van der Waals surface area contributed by atoms with Crippen LogP contribution in [0, 0.1) is 5.82 Å². The molecule has 1 fully saturated rings. The van der Waals surface area contributed by atoms with Crippen LogP contribution in [0.2, 0.25) is 0 Å². The highest BCUT2D eigenvalue weighted by Crippen LogP contribution is 2.25. The fraction of sp³-hybridized carbons (Fsp3) is 0.471. The smallest absolute Gasteiger partial charge is 0.249 e. The van der Waals surface area contributed by atoms with E-state index in [-0.39, 0.29) is 24.4 Å². The molecule has 1 aliphatic carbocycles. The number of nitrogens with zero attached hydrogens (tertiary/aromatic N) is 3. The molecular weight excluding hydrogens is 327 g/mol. The SMILES string of the molecule is COCC(C)(O)c1cn(C(C(=O)NC2CC2)c2ccc(F)cc2)nn1. The normalized spacial score (nSPS) is 17.8. The summed E-state index contributed by atoms with van der Waals surface area (Å²) in [5, 5.41) is 21.3. The maximum atomic E-state index is 13.2. The molecule has 2 aromatic rings. The van der Waals surface area contributed by atoms with Crippen LogP contribution < -0.4 is 5.32 Å². The lowest BCUT2D eigenvalue weighted by Crippen LogP contribution is -2.35. The Bertz CT molecular complexity index is 741. The molecule has 0 saturated heterocycles. The van der Waals surface area contributed by atoms with E-state index in [1.807, 2.05) is 0 Å². The van der Waals surface area contributed by atoms with Crippen molar-refractivity contribution in [3.63, 3.8) is 0 Å². The Hall–Kier alpha value is -2.32. The Labute approximate surface area is 144 Å². The van der Waals surface area contributed by atoms with Gasteiger partial charge in [-0.1, -0.05) is 17.3 Å². The first-order valence-corrected chi connectivity index (χ1v) is 8.10. The van der Waals surface area contributed by atoms with Gasteiger partial charge in [0.1, 0.15) is 17.1 Å². The lowest BCUT2D eigenvalue weighted by atomic mass is 10.0. The van der Waals surface area contributed by atoms with Crippen LogP contribution in [0.4, 0.5) is 4.39 Å². The molecule has 25 heavy (non-hydrogen) atoms. The van der Waals surface area contributed by atoms with Crippen LogP contribution in [0.15, 0.2) is 30.5 Å². The van der Waals surface area contributed by atoms with Gasteiger partial charge in [-0.25, -0.2) is 9.07 Å². The summed E-state index contributed by atoms with van der Waals surface area (Å²) in [5.74, 6) is -0.621. The second-order valence-electron chi connectivity index (χ2n) is 6.53. The molecule has 1 aliphatic rings. The molecule has 8 heteroatoms. The van der Waals surface area contributed by atoms with Crippen molar-refractivity contribution >= 4 is 5.91 Å². The molecule has 1 saturated carbocycles. The Morgan fingerprint density at radius 1 is 1.48 bits per heavy atom. The largest absolute Gasteiger partial charge is 0.381 e. The molecule has 0 aliphatic heterocycles. The minimum absolute atomic E-state index is 0.0428. The van der Waals surface area contributed by atoms with E-state index in [9.17, 15) is 14.3 Å². The van der Waals surface area contributed by atoms with Crippen molar-refractivity contribution in [2.24, 2.45) is 0 Å². The van der Waals surface area contributed by atoms with Gasteiger partial charge in [0.25, 0.3) is 0 Å². The van der Waals surface area contributed by atoms with Crippen molar-refractivity contribution in [1.82, 2.24) is 20.3 Å². The summed E-state index contributed by atoms with van der Waals surface area (Å²) in [6, 6.07) is 5.07. The van der Waals surface area contributed by atoms with Crippen molar-refractivity contribution in [1.29, 1.82) is 0 Å². The Morgan fingerprint density at radius 3 is 2.76 bits per heavy atom. The third-order valence-corrected chi connectivity index (χ3v) is 4.11. The number of amides is 1. The summed E-state index contributed by atoms with van der Waals surface area (Å²) < 4.78 is 19.6. The first-order chi connectivity index (χ1) is 11.9. The van der Waals surface area contributed by atoms with E-state index in [1.54, 1.807) is 19.1 Å². The molecule has 0 radical (unpaired) electrons. The van der Waals surface area contributed by atoms with Gasteiger partial charge in [0.05, 0.1) is 12.8 Å². The second kappa shape index (κ2) is 6.89. The predicted molar refractivity (Wildman–Crippen MR) is 87.2 cm³/mol. The fourth-order valence-corrected chi connectivity index (χ4v) is 2.58. The van der Waals surface area contributed by atoms with Crippen LogP contribution >= 0.6 is 0 Å². The van der Waals surface area contributed by atoms with Gasteiger partial charge in [0.2, 0.25) is 5.91 Å². The lowest BCUT2D eigenvalue weighted by Gasteiger charge is -2.19. The van der Waals surface area contributed by atoms with Gasteiger partial charge >= 0.3 is 0 Å². The molecule has 2 unspecified atom stereocenters. The molecule has 1 heterocycles. The fourth-order valence-electron chi connectivity index (χ4n) is 2.58. The first-order valence-electron chi connectivity index (χ1n) is 8.10. The van der Waals surface area contributed by atoms with Gasteiger partial charge < -0.3 is 15.2 Å². The number of hydrogen-bond donors (Lipinski definition) is 2. The maximum absolute atomic E-state index is 13.2. The molecule has 1 aromatic heterocycles. The number of hydrogen-bond acceptors (Lipinski definition) is 5. The maximum Gasteiger partial charge on any atom is 0.249 e. The zero-order valence-corrected chi connectivity index (χ0v) is 14.1. The minimum atomic E-state index is -1.33. The summed E-state index contributed by atoms with van der Waals surface area (Å²) in [5.41, 5.74) is -0.448. The standard InChI is InChI=1S/C17H21FN4O3/c1-17(24,10-25-2)14-9-22(21-20-14)15(16(23)19-13-7-8-13)11-3-5-12(18)6-4-11/h3-6,9,13,15,24H,7-8,10H2,1-2H3,(H,19,23). The Balaban J connectivity index is 1.92. The Kier molecular flexibility index (Phi) is 4.82. The van der Waals surface area contributed by atoms with Gasteiger partial charge in [-0.15, -0.1) is 5.10 Å². The second-order valence-corrected chi connectivity index (χ2v) is 6.53. The molecular formula is C17H21FN4O3. The van der Waals surface area contributed by atoms with E-state index in [4.69, 9.17) is 4.74 Å². The van der Waals surface area contributed by atoms with E-state index in [0.29, 0.717) is 11.3 Å². The highest BCUT2D eigenvalue weighted by atomic mass is 19.1. The molecule has 0 spiro atoms. The third-order valence-electron chi connectivity index (χ3n) is 4.11. The van der Waals surface area contributed by atoms with E-state index in [1.165, 1.54) is 30.1 Å². The van der Waals surface area contributed by atoms with Crippen LogP contribution in [-0.4, -0.2) is 45.8 Å². The van der Waals surface area contributed by atoms with Crippen LogP contribution in [-0.2, 0) is 15.1 Å².